The number of morpholine rings is 1. The van der Waals surface area contributed by atoms with Gasteiger partial charge in [-0.15, -0.1) is 0 Å². The molecule has 0 radical (unpaired) electrons. The van der Waals surface area contributed by atoms with Gasteiger partial charge in [-0.25, -0.2) is 10.5 Å². The summed E-state index contributed by atoms with van der Waals surface area (Å²) in [6.45, 7) is 5.04. The molecular formula is C12H17N3O3. The highest BCUT2D eigenvalue weighted by atomic mass is 16.6. The molecule has 0 saturated carbocycles. The number of hydrogen-bond acceptors (Lipinski definition) is 5. The second kappa shape index (κ2) is 6.32. The van der Waals surface area contributed by atoms with E-state index in [4.69, 9.17) is 9.57 Å². The van der Waals surface area contributed by atoms with Crippen LogP contribution in [0.5, 0.6) is 0 Å². The van der Waals surface area contributed by atoms with Crippen LogP contribution in [0.15, 0.2) is 18.3 Å². The number of nitrogens with zero attached hydrogens (tertiary/aromatic N) is 2. The zero-order valence-corrected chi connectivity index (χ0v) is 10.4. The summed E-state index contributed by atoms with van der Waals surface area (Å²) in [7, 11) is 0. The number of anilines is 1. The molecule has 1 N–H and O–H groups in total. The quantitative estimate of drug-likeness (QED) is 0.794. The van der Waals surface area contributed by atoms with Crippen molar-refractivity contribution in [2.45, 2.75) is 6.92 Å². The lowest BCUT2D eigenvalue weighted by atomic mass is 10.2. The van der Waals surface area contributed by atoms with Crippen molar-refractivity contribution in [2.75, 3.05) is 37.8 Å². The van der Waals surface area contributed by atoms with Gasteiger partial charge in [0, 0.05) is 19.3 Å². The standard InChI is InChI=1S/C12H17N3O3/c1-2-18-14-12(16)10-4-3-5-13-11(10)15-6-8-17-9-7-15/h3-5H,2,6-9H2,1H3,(H,14,16). The highest BCUT2D eigenvalue weighted by Gasteiger charge is 2.19. The Morgan fingerprint density at radius 2 is 2.33 bits per heavy atom. The average Bonchev–Trinajstić information content (AvgIpc) is 2.45. The largest absolute Gasteiger partial charge is 0.378 e. The fourth-order valence-electron chi connectivity index (χ4n) is 1.79. The minimum Gasteiger partial charge on any atom is -0.378 e. The van der Waals surface area contributed by atoms with Gasteiger partial charge in [0.2, 0.25) is 0 Å². The summed E-state index contributed by atoms with van der Waals surface area (Å²) in [6, 6.07) is 3.48. The molecule has 6 heteroatoms. The molecule has 1 aromatic heterocycles. The minimum absolute atomic E-state index is 0.272. The van der Waals surface area contributed by atoms with Gasteiger partial charge in [-0.3, -0.25) is 9.63 Å². The summed E-state index contributed by atoms with van der Waals surface area (Å²) >= 11 is 0. The maximum absolute atomic E-state index is 11.9. The zero-order valence-electron chi connectivity index (χ0n) is 10.4. The summed E-state index contributed by atoms with van der Waals surface area (Å²) in [5.74, 6) is 0.407. The number of ether oxygens (including phenoxy) is 1. The van der Waals surface area contributed by atoms with E-state index in [-0.39, 0.29) is 5.91 Å². The molecule has 0 atom stereocenters. The third-order valence-electron chi connectivity index (χ3n) is 2.65. The van der Waals surface area contributed by atoms with E-state index in [2.05, 4.69) is 10.5 Å². The van der Waals surface area contributed by atoms with Crippen LogP contribution >= 0.6 is 0 Å². The van der Waals surface area contributed by atoms with Crippen molar-refractivity contribution >= 4 is 11.7 Å². The first kappa shape index (κ1) is 12.8. The minimum atomic E-state index is -0.272. The van der Waals surface area contributed by atoms with Gasteiger partial charge in [0.05, 0.1) is 25.4 Å². The molecule has 0 unspecified atom stereocenters. The number of rotatable bonds is 4. The fraction of sp³-hybridized carbons (Fsp3) is 0.500. The van der Waals surface area contributed by atoms with Crippen LogP contribution < -0.4 is 10.4 Å². The van der Waals surface area contributed by atoms with Crippen LogP contribution in [0.2, 0.25) is 0 Å². The Balaban J connectivity index is 2.16. The predicted molar refractivity (Wildman–Crippen MR) is 66.4 cm³/mol. The van der Waals surface area contributed by atoms with Crippen LogP contribution in [0.3, 0.4) is 0 Å². The Bertz CT molecular complexity index is 405. The van der Waals surface area contributed by atoms with Crippen LogP contribution in [0.4, 0.5) is 5.82 Å². The van der Waals surface area contributed by atoms with Crippen molar-refractivity contribution < 1.29 is 14.4 Å². The smallest absolute Gasteiger partial charge is 0.278 e. The number of hydroxylamine groups is 1. The van der Waals surface area contributed by atoms with Crippen molar-refractivity contribution in [3.63, 3.8) is 0 Å². The fourth-order valence-corrected chi connectivity index (χ4v) is 1.79. The highest BCUT2D eigenvalue weighted by molar-refractivity contribution is 5.98. The molecule has 2 heterocycles. The Morgan fingerprint density at radius 1 is 1.56 bits per heavy atom. The Morgan fingerprint density at radius 3 is 3.06 bits per heavy atom. The molecule has 6 nitrogen and oxygen atoms in total. The molecule has 1 aromatic rings. The third-order valence-corrected chi connectivity index (χ3v) is 2.65. The molecule has 98 valence electrons. The van der Waals surface area contributed by atoms with Crippen LogP contribution in [-0.4, -0.2) is 43.8 Å². The molecule has 1 fully saturated rings. The third kappa shape index (κ3) is 2.96. The first-order valence-electron chi connectivity index (χ1n) is 6.02. The molecular weight excluding hydrogens is 234 g/mol. The van der Waals surface area contributed by atoms with Crippen LogP contribution in [-0.2, 0) is 9.57 Å². The number of carbonyl (C=O) groups is 1. The summed E-state index contributed by atoms with van der Waals surface area (Å²) < 4.78 is 5.29. The Hall–Kier alpha value is -1.66. The summed E-state index contributed by atoms with van der Waals surface area (Å²) in [5.41, 5.74) is 2.91. The van der Waals surface area contributed by atoms with Gasteiger partial charge < -0.3 is 9.64 Å². The van der Waals surface area contributed by atoms with Crippen molar-refractivity contribution in [3.05, 3.63) is 23.9 Å². The van der Waals surface area contributed by atoms with Gasteiger partial charge in [-0.05, 0) is 19.1 Å². The van der Waals surface area contributed by atoms with Crippen LogP contribution in [0, 0.1) is 0 Å². The molecule has 1 aliphatic heterocycles. The first-order chi connectivity index (χ1) is 8.83. The van der Waals surface area contributed by atoms with E-state index in [0.29, 0.717) is 31.2 Å². The Labute approximate surface area is 106 Å². The number of carbonyl (C=O) groups excluding carboxylic acids is 1. The van der Waals surface area contributed by atoms with E-state index < -0.39 is 0 Å². The highest BCUT2D eigenvalue weighted by Crippen LogP contribution is 2.18. The van der Waals surface area contributed by atoms with E-state index in [1.54, 1.807) is 18.3 Å². The van der Waals surface area contributed by atoms with Gasteiger partial charge >= 0.3 is 0 Å². The van der Waals surface area contributed by atoms with E-state index in [1.165, 1.54) is 0 Å². The maximum Gasteiger partial charge on any atom is 0.278 e. The monoisotopic (exact) mass is 251 g/mol. The van der Waals surface area contributed by atoms with Gasteiger partial charge in [0.25, 0.3) is 5.91 Å². The number of aromatic nitrogens is 1. The first-order valence-corrected chi connectivity index (χ1v) is 6.02. The predicted octanol–water partition coefficient (Wildman–Crippen LogP) is 0.599. The zero-order chi connectivity index (χ0) is 12.8. The lowest BCUT2D eigenvalue weighted by Crippen LogP contribution is -2.38. The van der Waals surface area contributed by atoms with Crippen molar-refractivity contribution in [3.8, 4) is 0 Å². The van der Waals surface area contributed by atoms with Crippen molar-refractivity contribution in [1.82, 2.24) is 10.5 Å². The maximum atomic E-state index is 11.9. The molecule has 1 saturated heterocycles. The van der Waals surface area contributed by atoms with E-state index in [9.17, 15) is 4.79 Å². The lowest BCUT2D eigenvalue weighted by molar-refractivity contribution is 0.0364. The molecule has 0 spiro atoms. The summed E-state index contributed by atoms with van der Waals surface area (Å²) in [4.78, 5) is 23.2. The van der Waals surface area contributed by atoms with E-state index in [1.807, 2.05) is 11.8 Å². The molecule has 0 aliphatic carbocycles. The second-order valence-electron chi connectivity index (χ2n) is 3.84. The molecule has 18 heavy (non-hydrogen) atoms. The van der Waals surface area contributed by atoms with Crippen LogP contribution in [0.25, 0.3) is 0 Å². The van der Waals surface area contributed by atoms with Crippen molar-refractivity contribution in [1.29, 1.82) is 0 Å². The number of hydrogen-bond donors (Lipinski definition) is 1. The van der Waals surface area contributed by atoms with Gasteiger partial charge in [0.1, 0.15) is 5.82 Å². The Kier molecular flexibility index (Phi) is 4.49. The average molecular weight is 251 g/mol. The topological polar surface area (TPSA) is 63.7 Å². The summed E-state index contributed by atoms with van der Waals surface area (Å²) in [6.07, 6.45) is 1.68. The van der Waals surface area contributed by atoms with Gasteiger partial charge in [-0.2, -0.15) is 0 Å². The van der Waals surface area contributed by atoms with E-state index in [0.717, 1.165) is 13.1 Å². The van der Waals surface area contributed by atoms with Crippen molar-refractivity contribution in [2.24, 2.45) is 0 Å². The molecule has 1 aliphatic rings. The number of amides is 1. The summed E-state index contributed by atoms with van der Waals surface area (Å²) in [5, 5.41) is 0. The van der Waals surface area contributed by atoms with Gasteiger partial charge in [-0.1, -0.05) is 0 Å². The normalized spacial score (nSPS) is 15.5. The van der Waals surface area contributed by atoms with E-state index >= 15 is 0 Å². The molecule has 0 aromatic carbocycles. The number of pyridine rings is 1. The SMILES string of the molecule is CCONC(=O)c1cccnc1N1CCOCC1. The molecule has 2 rings (SSSR count). The van der Waals surface area contributed by atoms with Crippen LogP contribution in [0.1, 0.15) is 17.3 Å². The lowest BCUT2D eigenvalue weighted by Gasteiger charge is -2.29. The molecule has 0 bridgehead atoms. The number of nitrogens with one attached hydrogen (secondary N) is 1. The van der Waals surface area contributed by atoms with Gasteiger partial charge in [0.15, 0.2) is 0 Å². The second-order valence-corrected chi connectivity index (χ2v) is 3.84. The molecule has 1 amide bonds.